The van der Waals surface area contributed by atoms with Gasteiger partial charge in [0.2, 0.25) is 5.78 Å². The SMILES string of the molecule is COc1cc(C)c(C(=O)c2ccc(Br)o2)cc1OC. The third-order valence-corrected chi connectivity index (χ3v) is 3.20. The summed E-state index contributed by atoms with van der Waals surface area (Å²) in [4.78, 5) is 12.3. The third kappa shape index (κ3) is 2.66. The Morgan fingerprint density at radius 1 is 1.16 bits per heavy atom. The number of carbonyl (C=O) groups excluding carboxylic acids is 1. The molecule has 0 bridgehead atoms. The molecule has 0 spiro atoms. The maximum atomic E-state index is 12.3. The first-order valence-electron chi connectivity index (χ1n) is 5.59. The molecule has 0 saturated carbocycles. The first-order chi connectivity index (χ1) is 9.06. The summed E-state index contributed by atoms with van der Waals surface area (Å²) in [7, 11) is 3.09. The number of methoxy groups -OCH3 is 2. The lowest BCUT2D eigenvalue weighted by Gasteiger charge is -2.11. The number of halogens is 1. The molecule has 0 saturated heterocycles. The fourth-order valence-electron chi connectivity index (χ4n) is 1.79. The lowest BCUT2D eigenvalue weighted by atomic mass is 10.0. The van der Waals surface area contributed by atoms with Gasteiger partial charge in [-0.05, 0) is 52.7 Å². The number of benzene rings is 1. The van der Waals surface area contributed by atoms with Crippen molar-refractivity contribution in [3.63, 3.8) is 0 Å². The Hall–Kier alpha value is -1.75. The fourth-order valence-corrected chi connectivity index (χ4v) is 2.10. The fraction of sp³-hybridized carbons (Fsp3) is 0.214. The summed E-state index contributed by atoms with van der Waals surface area (Å²) >= 11 is 3.18. The summed E-state index contributed by atoms with van der Waals surface area (Å²) in [6.07, 6.45) is 0. The van der Waals surface area contributed by atoms with Crippen LogP contribution in [0.15, 0.2) is 33.4 Å². The predicted octanol–water partition coefficient (Wildman–Crippen LogP) is 3.60. The van der Waals surface area contributed by atoms with Gasteiger partial charge in [0.1, 0.15) is 0 Å². The number of ether oxygens (including phenoxy) is 2. The van der Waals surface area contributed by atoms with E-state index in [2.05, 4.69) is 15.9 Å². The Morgan fingerprint density at radius 3 is 2.32 bits per heavy atom. The zero-order valence-corrected chi connectivity index (χ0v) is 12.4. The van der Waals surface area contributed by atoms with Crippen molar-refractivity contribution in [2.24, 2.45) is 0 Å². The topological polar surface area (TPSA) is 48.7 Å². The molecule has 4 nitrogen and oxygen atoms in total. The van der Waals surface area contributed by atoms with Gasteiger partial charge < -0.3 is 13.9 Å². The van der Waals surface area contributed by atoms with Crippen LogP contribution in [0.3, 0.4) is 0 Å². The normalized spacial score (nSPS) is 10.3. The molecule has 0 fully saturated rings. The van der Waals surface area contributed by atoms with Crippen molar-refractivity contribution in [1.82, 2.24) is 0 Å². The van der Waals surface area contributed by atoms with Crippen molar-refractivity contribution in [2.45, 2.75) is 6.92 Å². The molecule has 0 amide bonds. The van der Waals surface area contributed by atoms with Gasteiger partial charge in [-0.15, -0.1) is 0 Å². The van der Waals surface area contributed by atoms with Crippen LogP contribution in [0.2, 0.25) is 0 Å². The number of hydrogen-bond donors (Lipinski definition) is 0. The van der Waals surface area contributed by atoms with E-state index in [9.17, 15) is 4.79 Å². The highest BCUT2D eigenvalue weighted by molar-refractivity contribution is 9.10. The third-order valence-electron chi connectivity index (χ3n) is 2.77. The van der Waals surface area contributed by atoms with Gasteiger partial charge in [0.25, 0.3) is 0 Å². The predicted molar refractivity (Wildman–Crippen MR) is 74.1 cm³/mol. The first kappa shape index (κ1) is 13.7. The summed E-state index contributed by atoms with van der Waals surface area (Å²) in [6.45, 7) is 1.84. The van der Waals surface area contributed by atoms with E-state index in [-0.39, 0.29) is 11.5 Å². The average molecular weight is 325 g/mol. The molecule has 0 unspecified atom stereocenters. The van der Waals surface area contributed by atoms with Crippen LogP contribution in [-0.4, -0.2) is 20.0 Å². The van der Waals surface area contributed by atoms with E-state index in [0.717, 1.165) is 5.56 Å². The summed E-state index contributed by atoms with van der Waals surface area (Å²) in [6, 6.07) is 6.74. The van der Waals surface area contributed by atoms with E-state index in [1.54, 1.807) is 31.4 Å². The van der Waals surface area contributed by atoms with E-state index in [1.165, 1.54) is 7.11 Å². The maximum absolute atomic E-state index is 12.3. The molecule has 0 N–H and O–H groups in total. The number of ketones is 1. The average Bonchev–Trinajstić information content (AvgIpc) is 2.84. The van der Waals surface area contributed by atoms with Crippen LogP contribution in [0.4, 0.5) is 0 Å². The number of furan rings is 1. The zero-order chi connectivity index (χ0) is 14.0. The smallest absolute Gasteiger partial charge is 0.228 e. The Kier molecular flexibility index (Phi) is 3.95. The molecular formula is C14H13BrO4. The van der Waals surface area contributed by atoms with E-state index in [0.29, 0.717) is 21.7 Å². The molecule has 1 aromatic carbocycles. The highest BCUT2D eigenvalue weighted by atomic mass is 79.9. The summed E-state index contributed by atoms with van der Waals surface area (Å²) < 4.78 is 16.2. The van der Waals surface area contributed by atoms with Crippen molar-refractivity contribution in [3.05, 3.63) is 45.8 Å². The second-order valence-electron chi connectivity index (χ2n) is 3.95. The van der Waals surface area contributed by atoms with Crippen molar-refractivity contribution in [1.29, 1.82) is 0 Å². The Balaban J connectivity index is 2.47. The monoisotopic (exact) mass is 324 g/mol. The van der Waals surface area contributed by atoms with Crippen molar-refractivity contribution in [3.8, 4) is 11.5 Å². The zero-order valence-electron chi connectivity index (χ0n) is 10.8. The van der Waals surface area contributed by atoms with Gasteiger partial charge in [0.15, 0.2) is 21.9 Å². The molecule has 2 aromatic rings. The molecule has 0 aliphatic heterocycles. The Morgan fingerprint density at radius 2 is 1.79 bits per heavy atom. The lowest BCUT2D eigenvalue weighted by Crippen LogP contribution is -2.04. The molecule has 1 heterocycles. The van der Waals surface area contributed by atoms with E-state index < -0.39 is 0 Å². The maximum Gasteiger partial charge on any atom is 0.228 e. The number of hydrogen-bond acceptors (Lipinski definition) is 4. The van der Waals surface area contributed by atoms with Crippen LogP contribution < -0.4 is 9.47 Å². The van der Waals surface area contributed by atoms with Crippen molar-refractivity contribution in [2.75, 3.05) is 14.2 Å². The minimum Gasteiger partial charge on any atom is -0.493 e. The first-order valence-corrected chi connectivity index (χ1v) is 6.38. The minimum atomic E-state index is -0.191. The largest absolute Gasteiger partial charge is 0.493 e. The van der Waals surface area contributed by atoms with Crippen molar-refractivity contribution < 1.29 is 18.7 Å². The summed E-state index contributed by atoms with van der Waals surface area (Å²) in [5.41, 5.74) is 1.33. The molecule has 19 heavy (non-hydrogen) atoms. The van der Waals surface area contributed by atoms with Gasteiger partial charge >= 0.3 is 0 Å². The highest BCUT2D eigenvalue weighted by Gasteiger charge is 2.18. The number of aryl methyl sites for hydroxylation is 1. The molecule has 0 radical (unpaired) electrons. The molecule has 5 heteroatoms. The Labute approximate surface area is 119 Å². The Bertz CT molecular complexity index is 616. The molecular weight excluding hydrogens is 312 g/mol. The van der Waals surface area contributed by atoms with Gasteiger partial charge in [0.05, 0.1) is 14.2 Å². The van der Waals surface area contributed by atoms with Gasteiger partial charge in [-0.3, -0.25) is 4.79 Å². The quantitative estimate of drug-likeness (QED) is 0.806. The van der Waals surface area contributed by atoms with E-state index >= 15 is 0 Å². The van der Waals surface area contributed by atoms with Gasteiger partial charge in [-0.1, -0.05) is 0 Å². The van der Waals surface area contributed by atoms with Gasteiger partial charge in [-0.25, -0.2) is 0 Å². The summed E-state index contributed by atoms with van der Waals surface area (Å²) in [5, 5.41) is 0. The van der Waals surface area contributed by atoms with Crippen LogP contribution in [0.1, 0.15) is 21.7 Å². The van der Waals surface area contributed by atoms with Crippen LogP contribution in [0.25, 0.3) is 0 Å². The molecule has 100 valence electrons. The number of carbonyl (C=O) groups is 1. The van der Waals surface area contributed by atoms with Gasteiger partial charge in [-0.2, -0.15) is 0 Å². The molecule has 0 aliphatic carbocycles. The summed E-state index contributed by atoms with van der Waals surface area (Å²) in [5.74, 6) is 1.20. The standard InChI is InChI=1S/C14H13BrO4/c1-8-6-11(17-2)12(18-3)7-9(8)14(16)10-4-5-13(15)19-10/h4-7H,1-3H3. The van der Waals surface area contributed by atoms with Crippen LogP contribution in [-0.2, 0) is 0 Å². The van der Waals surface area contributed by atoms with Crippen LogP contribution >= 0.6 is 15.9 Å². The number of rotatable bonds is 4. The van der Waals surface area contributed by atoms with E-state index in [1.807, 2.05) is 6.92 Å². The second-order valence-corrected chi connectivity index (χ2v) is 4.74. The molecule has 0 aliphatic rings. The van der Waals surface area contributed by atoms with E-state index in [4.69, 9.17) is 13.9 Å². The van der Waals surface area contributed by atoms with Crippen LogP contribution in [0.5, 0.6) is 11.5 Å². The lowest BCUT2D eigenvalue weighted by molar-refractivity contribution is 0.101. The highest BCUT2D eigenvalue weighted by Crippen LogP contribution is 2.31. The minimum absolute atomic E-state index is 0.191. The second kappa shape index (κ2) is 5.48. The van der Waals surface area contributed by atoms with Gasteiger partial charge in [0, 0.05) is 5.56 Å². The molecule has 0 atom stereocenters. The van der Waals surface area contributed by atoms with Crippen molar-refractivity contribution >= 4 is 21.7 Å². The molecule has 1 aromatic heterocycles. The molecule has 2 rings (SSSR count). The van der Waals surface area contributed by atoms with Crippen LogP contribution in [0, 0.1) is 6.92 Å².